The first-order chi connectivity index (χ1) is 8.18. The Kier molecular flexibility index (Phi) is 6.69. The minimum absolute atomic E-state index is 0.0287. The highest BCUT2D eigenvalue weighted by Gasteiger charge is 2.12. The maximum absolute atomic E-state index is 9.67. The van der Waals surface area contributed by atoms with Gasteiger partial charge in [0.05, 0.1) is 0 Å². The Morgan fingerprint density at radius 1 is 0.647 bits per heavy atom. The Labute approximate surface area is 109 Å². The van der Waals surface area contributed by atoms with E-state index < -0.39 is 6.68 Å². The third-order valence-corrected chi connectivity index (χ3v) is 4.37. The van der Waals surface area contributed by atoms with Crippen LogP contribution in [0.4, 0.5) is 13.2 Å². The lowest BCUT2D eigenvalue weighted by atomic mass is 10.4. The van der Waals surface area contributed by atoms with Crippen molar-refractivity contribution in [3.05, 3.63) is 67.8 Å². The highest BCUT2D eigenvalue weighted by molar-refractivity contribution is 5.02. The average molecular weight is 351 g/mol. The van der Waals surface area contributed by atoms with E-state index in [1.807, 2.05) is 0 Å². The van der Waals surface area contributed by atoms with Crippen molar-refractivity contribution in [2.45, 2.75) is 6.68 Å². The molecule has 0 nitrogen and oxygen atoms in total. The molecule has 0 bridgehead atoms. The van der Waals surface area contributed by atoms with Gasteiger partial charge >= 0.3 is 27.9 Å². The zero-order valence-corrected chi connectivity index (χ0v) is 11.0. The molecule has 0 fully saturated rings. The van der Waals surface area contributed by atoms with E-state index in [1.165, 1.54) is 7.14 Å². The lowest BCUT2D eigenvalue weighted by Gasteiger charge is -1.84. The predicted molar refractivity (Wildman–Crippen MR) is 57.4 cm³/mol. The molecule has 0 aliphatic carbocycles. The van der Waals surface area contributed by atoms with E-state index in [0.29, 0.717) is 0 Å². The molecule has 0 amide bonds. The topological polar surface area (TPSA) is 0 Å². The second kappa shape index (κ2) is 8.11. The van der Waals surface area contributed by atoms with Gasteiger partial charge in [-0.15, -0.1) is 0 Å². The predicted octanol–water partition coefficient (Wildman–Crippen LogP) is 0.993. The summed E-state index contributed by atoms with van der Waals surface area (Å²) in [7, 11) is 0. The molecule has 0 aliphatic rings. The summed E-state index contributed by atoms with van der Waals surface area (Å²) in [5.74, 6) is 0. The minimum atomic E-state index is -3.67. The summed E-state index contributed by atoms with van der Waals surface area (Å²) in [4.78, 5) is 0. The first kappa shape index (κ1) is 14.0. The summed E-state index contributed by atoms with van der Waals surface area (Å²) in [6, 6.07) is 21.4. The third-order valence-electron chi connectivity index (χ3n) is 1.68. The van der Waals surface area contributed by atoms with Crippen LogP contribution >= 0.6 is 0 Å². The first-order valence-corrected chi connectivity index (χ1v) is 7.01. The first-order valence-electron chi connectivity index (χ1n) is 4.85. The Morgan fingerprint density at radius 3 is 1.24 bits per heavy atom. The number of hydrogen-bond acceptors (Lipinski definition) is 0. The van der Waals surface area contributed by atoms with E-state index in [1.54, 1.807) is 0 Å². The molecule has 0 heterocycles. The highest BCUT2D eigenvalue weighted by atomic mass is 127. The molecule has 2 aromatic rings. The fraction of sp³-hybridized carbons (Fsp3) is 0.0769. The van der Waals surface area contributed by atoms with Crippen LogP contribution in [0.15, 0.2) is 60.7 Å². The lowest BCUT2D eigenvalue weighted by molar-refractivity contribution is -0.597. The molecule has 0 saturated carbocycles. The molecule has 0 radical (unpaired) electrons. The number of halogens is 4. The van der Waals surface area contributed by atoms with Crippen molar-refractivity contribution < 1.29 is 34.4 Å². The molecular formula is C13H11F3I+. The molecule has 0 aromatic heterocycles. The second-order valence-corrected chi connectivity index (χ2v) is 5.96. The molecular weight excluding hydrogens is 340 g/mol. The maximum Gasteiger partial charge on any atom is 0.379 e. The third kappa shape index (κ3) is 6.99. The highest BCUT2D eigenvalue weighted by Crippen LogP contribution is 1.87. The molecule has 2 rings (SSSR count). The van der Waals surface area contributed by atoms with Crippen LogP contribution in [0.3, 0.4) is 0 Å². The van der Waals surface area contributed by atoms with Crippen LogP contribution in [0.5, 0.6) is 0 Å². The van der Waals surface area contributed by atoms with Crippen molar-refractivity contribution in [1.29, 1.82) is 0 Å². The fourth-order valence-corrected chi connectivity index (χ4v) is 3.35. The van der Waals surface area contributed by atoms with Crippen molar-refractivity contribution in [2.75, 3.05) is 0 Å². The van der Waals surface area contributed by atoms with Crippen molar-refractivity contribution in [3.63, 3.8) is 0 Å². The van der Waals surface area contributed by atoms with E-state index in [0.717, 1.165) is 0 Å². The van der Waals surface area contributed by atoms with Crippen molar-refractivity contribution in [3.8, 4) is 0 Å². The van der Waals surface area contributed by atoms with E-state index in [9.17, 15) is 13.2 Å². The minimum Gasteiger partial charge on any atom is -0.174 e. The molecule has 0 atom stereocenters. The molecule has 0 spiro atoms. The van der Waals surface area contributed by atoms with Gasteiger partial charge in [-0.2, -0.15) is 13.2 Å². The summed E-state index contributed by atoms with van der Waals surface area (Å²) in [6.45, 7) is -3.67. The number of alkyl halides is 3. The standard InChI is InChI=1S/C12H10I.CHF3/c1-3-7-11(8-4-1)13-12-9-5-2-6-10-12;2-1(3)4/h1-10H;1H/q+1;. The van der Waals surface area contributed by atoms with Crippen LogP contribution in [-0.2, 0) is 0 Å². The zero-order chi connectivity index (χ0) is 12.5. The van der Waals surface area contributed by atoms with Crippen LogP contribution in [0, 0.1) is 7.14 Å². The smallest absolute Gasteiger partial charge is 0.174 e. The van der Waals surface area contributed by atoms with Crippen LogP contribution < -0.4 is 21.2 Å². The quantitative estimate of drug-likeness (QED) is 0.709. The van der Waals surface area contributed by atoms with Crippen LogP contribution in [0.1, 0.15) is 0 Å². The van der Waals surface area contributed by atoms with Crippen molar-refractivity contribution in [1.82, 2.24) is 0 Å². The Morgan fingerprint density at radius 2 is 0.941 bits per heavy atom. The second-order valence-electron chi connectivity index (χ2n) is 2.93. The molecule has 17 heavy (non-hydrogen) atoms. The summed E-state index contributed by atoms with van der Waals surface area (Å²) in [6.07, 6.45) is 0. The molecule has 0 aliphatic heterocycles. The lowest BCUT2D eigenvalue weighted by Crippen LogP contribution is -3.61. The molecule has 0 N–H and O–H groups in total. The van der Waals surface area contributed by atoms with Gasteiger partial charge in [-0.25, -0.2) is 0 Å². The average Bonchev–Trinajstić information content (AvgIpc) is 2.31. The van der Waals surface area contributed by atoms with Gasteiger partial charge < -0.3 is 0 Å². The molecule has 2 aromatic carbocycles. The van der Waals surface area contributed by atoms with Gasteiger partial charge in [0.1, 0.15) is 0 Å². The van der Waals surface area contributed by atoms with E-state index in [-0.39, 0.29) is 21.2 Å². The van der Waals surface area contributed by atoms with Crippen molar-refractivity contribution >= 4 is 0 Å². The van der Waals surface area contributed by atoms with Gasteiger partial charge in [0, 0.05) is 0 Å². The summed E-state index contributed by atoms with van der Waals surface area (Å²) in [5, 5.41) is 0. The van der Waals surface area contributed by atoms with Gasteiger partial charge in [0.2, 0.25) is 0 Å². The van der Waals surface area contributed by atoms with Gasteiger partial charge in [0.25, 0.3) is 0 Å². The monoisotopic (exact) mass is 351 g/mol. The zero-order valence-electron chi connectivity index (χ0n) is 8.86. The number of rotatable bonds is 2. The number of hydrogen-bond donors (Lipinski definition) is 0. The van der Waals surface area contributed by atoms with Gasteiger partial charge in [0.15, 0.2) is 7.14 Å². The van der Waals surface area contributed by atoms with E-state index in [4.69, 9.17) is 0 Å². The summed E-state index contributed by atoms with van der Waals surface area (Å²) in [5.41, 5.74) is 0. The Bertz CT molecular complexity index is 363. The van der Waals surface area contributed by atoms with Crippen LogP contribution in [-0.4, -0.2) is 6.68 Å². The molecule has 0 saturated heterocycles. The largest absolute Gasteiger partial charge is 0.379 e. The van der Waals surface area contributed by atoms with E-state index >= 15 is 0 Å². The van der Waals surface area contributed by atoms with Gasteiger partial charge in [-0.1, -0.05) is 36.4 Å². The summed E-state index contributed by atoms with van der Waals surface area (Å²) >= 11 is 0.0287. The molecule has 90 valence electrons. The number of benzene rings is 2. The maximum atomic E-state index is 9.67. The van der Waals surface area contributed by atoms with Gasteiger partial charge in [-0.05, 0) is 24.3 Å². The van der Waals surface area contributed by atoms with Gasteiger partial charge in [-0.3, -0.25) is 0 Å². The Hall–Kier alpha value is -1.04. The Balaban J connectivity index is 0.000000317. The van der Waals surface area contributed by atoms with Crippen LogP contribution in [0.2, 0.25) is 0 Å². The van der Waals surface area contributed by atoms with Crippen LogP contribution in [0.25, 0.3) is 0 Å². The fourth-order valence-electron chi connectivity index (χ4n) is 1.08. The molecule has 4 heteroatoms. The summed E-state index contributed by atoms with van der Waals surface area (Å²) < 4.78 is 32.0. The SMILES string of the molecule is FC(F)F.c1ccc([I+]c2ccccc2)cc1. The van der Waals surface area contributed by atoms with Crippen molar-refractivity contribution in [2.24, 2.45) is 0 Å². The van der Waals surface area contributed by atoms with E-state index in [2.05, 4.69) is 60.7 Å². The normalized spacial score (nSPS) is 9.65. The molecule has 0 unspecified atom stereocenters.